The Morgan fingerprint density at radius 2 is 2.20 bits per heavy atom. The van der Waals surface area contributed by atoms with E-state index in [4.69, 9.17) is 5.11 Å². The molecule has 1 rings (SSSR count). The zero-order valence-corrected chi connectivity index (χ0v) is 6.27. The van der Waals surface area contributed by atoms with Crippen LogP contribution in [0.5, 0.6) is 0 Å². The van der Waals surface area contributed by atoms with Crippen molar-refractivity contribution in [3.63, 3.8) is 0 Å². The number of rotatable bonds is 2. The maximum atomic E-state index is 8.58. The zero-order chi connectivity index (χ0) is 6.53. The van der Waals surface area contributed by atoms with E-state index in [9.17, 15) is 0 Å². The van der Waals surface area contributed by atoms with E-state index in [1.54, 1.807) is 0 Å². The molecule has 1 fully saturated rings. The molecule has 0 amide bonds. The molecule has 0 radical (unpaired) electrons. The van der Waals surface area contributed by atoms with E-state index < -0.39 is 0 Å². The van der Waals surface area contributed by atoms with Gasteiger partial charge in [-0.15, -0.1) is 0 Å². The second kappa shape index (κ2) is 5.65. The molecule has 1 saturated heterocycles. The first-order chi connectivity index (χ1) is 4.43. The van der Waals surface area contributed by atoms with E-state index in [1.165, 1.54) is 19.3 Å². The number of aliphatic hydroxyl groups excluding tert-OH is 1. The summed E-state index contributed by atoms with van der Waals surface area (Å²) < 4.78 is 0. The van der Waals surface area contributed by atoms with Crippen molar-refractivity contribution < 1.29 is 10.6 Å². The van der Waals surface area contributed by atoms with Crippen LogP contribution in [-0.4, -0.2) is 29.8 Å². The van der Waals surface area contributed by atoms with Crippen molar-refractivity contribution in [1.82, 2.24) is 5.32 Å². The van der Waals surface area contributed by atoms with Crippen molar-refractivity contribution in [3.05, 3.63) is 0 Å². The van der Waals surface area contributed by atoms with E-state index in [0.717, 1.165) is 13.0 Å². The highest BCUT2D eigenvalue weighted by Gasteiger charge is 2.10. The standard InChI is InChI=1S/C7H15NO.H2O/c9-6-4-7-3-1-2-5-8-7;/h7-9H,1-6H2;1H2. The van der Waals surface area contributed by atoms with Gasteiger partial charge in [-0.25, -0.2) is 0 Å². The molecule has 0 saturated carbocycles. The zero-order valence-electron chi connectivity index (χ0n) is 6.27. The molecule has 3 heteroatoms. The second-order valence-corrected chi connectivity index (χ2v) is 2.66. The Bertz CT molecular complexity index is 69.3. The third kappa shape index (κ3) is 3.15. The summed E-state index contributed by atoms with van der Waals surface area (Å²) in [4.78, 5) is 0. The molecule has 1 heterocycles. The number of hydrogen-bond acceptors (Lipinski definition) is 2. The third-order valence-corrected chi connectivity index (χ3v) is 1.89. The minimum absolute atomic E-state index is 0. The van der Waals surface area contributed by atoms with Crippen LogP contribution in [0, 0.1) is 0 Å². The van der Waals surface area contributed by atoms with Crippen LogP contribution >= 0.6 is 0 Å². The number of hydrogen-bond donors (Lipinski definition) is 2. The highest BCUT2D eigenvalue weighted by atomic mass is 16.3. The Morgan fingerprint density at radius 1 is 1.40 bits per heavy atom. The maximum absolute atomic E-state index is 8.58. The molecule has 0 aromatic carbocycles. The van der Waals surface area contributed by atoms with Gasteiger partial charge < -0.3 is 15.9 Å². The first kappa shape index (κ1) is 9.88. The van der Waals surface area contributed by atoms with Crippen molar-refractivity contribution in [3.8, 4) is 0 Å². The predicted molar refractivity (Wildman–Crippen MR) is 41.0 cm³/mol. The number of piperidine rings is 1. The number of aliphatic hydroxyl groups is 1. The van der Waals surface area contributed by atoms with Crippen molar-refractivity contribution >= 4 is 0 Å². The molecule has 1 unspecified atom stereocenters. The molecule has 0 bridgehead atoms. The van der Waals surface area contributed by atoms with Crippen LogP contribution < -0.4 is 5.32 Å². The summed E-state index contributed by atoms with van der Waals surface area (Å²) in [5.41, 5.74) is 0. The van der Waals surface area contributed by atoms with Gasteiger partial charge in [0.1, 0.15) is 0 Å². The summed E-state index contributed by atoms with van der Waals surface area (Å²) >= 11 is 0. The summed E-state index contributed by atoms with van der Waals surface area (Å²) in [6.07, 6.45) is 4.82. The van der Waals surface area contributed by atoms with Crippen LogP contribution in [0.4, 0.5) is 0 Å². The van der Waals surface area contributed by atoms with Crippen LogP contribution in [0.25, 0.3) is 0 Å². The SMILES string of the molecule is O.OCCC1CCCCN1. The smallest absolute Gasteiger partial charge is 0.0445 e. The fraction of sp³-hybridized carbons (Fsp3) is 1.00. The highest BCUT2D eigenvalue weighted by Crippen LogP contribution is 2.08. The molecule has 0 aromatic rings. The summed E-state index contributed by atoms with van der Waals surface area (Å²) in [5.74, 6) is 0. The normalized spacial score (nSPS) is 25.5. The molecular formula is C7H17NO2. The molecule has 10 heavy (non-hydrogen) atoms. The molecule has 1 aliphatic heterocycles. The summed E-state index contributed by atoms with van der Waals surface area (Å²) in [6.45, 7) is 1.47. The van der Waals surface area contributed by atoms with Crippen LogP contribution in [0.15, 0.2) is 0 Å². The van der Waals surface area contributed by atoms with Gasteiger partial charge in [-0.3, -0.25) is 0 Å². The van der Waals surface area contributed by atoms with E-state index in [2.05, 4.69) is 5.32 Å². The van der Waals surface area contributed by atoms with E-state index in [1.807, 2.05) is 0 Å². The second-order valence-electron chi connectivity index (χ2n) is 2.66. The van der Waals surface area contributed by atoms with Crippen LogP contribution in [0.2, 0.25) is 0 Å². The molecule has 1 atom stereocenters. The fourth-order valence-corrected chi connectivity index (χ4v) is 1.33. The summed E-state index contributed by atoms with van der Waals surface area (Å²) in [5, 5.41) is 11.9. The van der Waals surface area contributed by atoms with Gasteiger partial charge in [-0.2, -0.15) is 0 Å². The van der Waals surface area contributed by atoms with Gasteiger partial charge in [0.25, 0.3) is 0 Å². The van der Waals surface area contributed by atoms with E-state index in [-0.39, 0.29) is 5.48 Å². The van der Waals surface area contributed by atoms with Crippen molar-refractivity contribution in [2.24, 2.45) is 0 Å². The van der Waals surface area contributed by atoms with Gasteiger partial charge in [-0.1, -0.05) is 6.42 Å². The van der Waals surface area contributed by atoms with Crippen LogP contribution in [0.1, 0.15) is 25.7 Å². The van der Waals surface area contributed by atoms with E-state index >= 15 is 0 Å². The van der Waals surface area contributed by atoms with Crippen molar-refractivity contribution in [1.29, 1.82) is 0 Å². The Hall–Kier alpha value is -0.120. The lowest BCUT2D eigenvalue weighted by molar-refractivity contribution is 0.250. The first-order valence-electron chi connectivity index (χ1n) is 3.77. The molecule has 62 valence electrons. The molecular weight excluding hydrogens is 130 g/mol. The topological polar surface area (TPSA) is 63.8 Å². The van der Waals surface area contributed by atoms with Crippen LogP contribution in [0.3, 0.4) is 0 Å². The average molecular weight is 147 g/mol. The third-order valence-electron chi connectivity index (χ3n) is 1.89. The largest absolute Gasteiger partial charge is 0.412 e. The molecule has 0 aliphatic carbocycles. The predicted octanol–water partition coefficient (Wildman–Crippen LogP) is -0.314. The first-order valence-corrected chi connectivity index (χ1v) is 3.77. The maximum Gasteiger partial charge on any atom is 0.0445 e. The van der Waals surface area contributed by atoms with Gasteiger partial charge >= 0.3 is 0 Å². The van der Waals surface area contributed by atoms with Crippen molar-refractivity contribution in [2.45, 2.75) is 31.7 Å². The van der Waals surface area contributed by atoms with Gasteiger partial charge in [0.2, 0.25) is 0 Å². The highest BCUT2D eigenvalue weighted by molar-refractivity contribution is 4.70. The van der Waals surface area contributed by atoms with Gasteiger partial charge in [0, 0.05) is 12.6 Å². The van der Waals surface area contributed by atoms with Gasteiger partial charge in [0.05, 0.1) is 0 Å². The van der Waals surface area contributed by atoms with Gasteiger partial charge in [0.15, 0.2) is 0 Å². The lowest BCUT2D eigenvalue weighted by atomic mass is 10.0. The minimum atomic E-state index is 0. The molecule has 4 N–H and O–H groups in total. The van der Waals surface area contributed by atoms with E-state index in [0.29, 0.717) is 12.6 Å². The molecule has 3 nitrogen and oxygen atoms in total. The Morgan fingerprint density at radius 3 is 2.70 bits per heavy atom. The van der Waals surface area contributed by atoms with Gasteiger partial charge in [-0.05, 0) is 25.8 Å². The quantitative estimate of drug-likeness (QED) is 0.562. The lowest BCUT2D eigenvalue weighted by Gasteiger charge is -2.22. The summed E-state index contributed by atoms with van der Waals surface area (Å²) in [6, 6.07) is 0.601. The Labute approximate surface area is 61.7 Å². The minimum Gasteiger partial charge on any atom is -0.412 e. The van der Waals surface area contributed by atoms with Crippen LogP contribution in [-0.2, 0) is 0 Å². The lowest BCUT2D eigenvalue weighted by Crippen LogP contribution is -2.34. The fourth-order valence-electron chi connectivity index (χ4n) is 1.33. The average Bonchev–Trinajstić information content (AvgIpc) is 1.91. The molecule has 1 aliphatic rings. The monoisotopic (exact) mass is 147 g/mol. The Balaban J connectivity index is 0.000000810. The molecule has 0 spiro atoms. The summed E-state index contributed by atoms with van der Waals surface area (Å²) in [7, 11) is 0. The molecule has 0 aromatic heterocycles. The number of nitrogens with one attached hydrogen (secondary N) is 1. The van der Waals surface area contributed by atoms with Crippen molar-refractivity contribution in [2.75, 3.05) is 13.2 Å². The Kier molecular flexibility index (Phi) is 5.58.